The van der Waals surface area contributed by atoms with Crippen LogP contribution in [0.4, 0.5) is 0 Å². The van der Waals surface area contributed by atoms with Crippen LogP contribution in [0.5, 0.6) is 0 Å². The maximum atomic E-state index is 3.14. The molecule has 0 radical (unpaired) electrons. The average Bonchev–Trinajstić information content (AvgIpc) is 1.72. The van der Waals surface area contributed by atoms with Gasteiger partial charge in [-0.25, -0.2) is 0 Å². The summed E-state index contributed by atoms with van der Waals surface area (Å²) in [4.78, 5) is 0. The van der Waals surface area contributed by atoms with Crippen molar-refractivity contribution in [2.24, 2.45) is 0 Å². The molecule has 1 nitrogen and oxygen atoms in total. The van der Waals surface area contributed by atoms with Crippen molar-refractivity contribution in [2.45, 2.75) is 6.42 Å². The van der Waals surface area contributed by atoms with Gasteiger partial charge in [0.2, 0.25) is 0 Å². The molecule has 0 aliphatic carbocycles. The molecule has 1 N–H and O–H groups in total. The summed E-state index contributed by atoms with van der Waals surface area (Å²) in [6, 6.07) is 0. The molecule has 0 unspecified atom stereocenters. The van der Waals surface area contributed by atoms with Crippen LogP contribution < -0.4 is 5.32 Å². The van der Waals surface area contributed by atoms with Crippen LogP contribution in [-0.4, -0.2) is 13.1 Å². The van der Waals surface area contributed by atoms with E-state index in [0.29, 0.717) is 0 Å². The molecule has 1 heterocycles. The van der Waals surface area contributed by atoms with Crippen molar-refractivity contribution >= 4 is 0 Å². The molecule has 0 bridgehead atoms. The van der Waals surface area contributed by atoms with Crippen molar-refractivity contribution in [3.05, 3.63) is 12.2 Å². The Labute approximate surface area is 38.1 Å². The van der Waals surface area contributed by atoms with Crippen LogP contribution >= 0.6 is 0 Å². The van der Waals surface area contributed by atoms with Gasteiger partial charge in [0.1, 0.15) is 0 Å². The summed E-state index contributed by atoms with van der Waals surface area (Å²) in [5.41, 5.74) is 0. The fourth-order valence-electron chi connectivity index (χ4n) is 0.509. The minimum absolute atomic E-state index is 0. The van der Waals surface area contributed by atoms with Gasteiger partial charge in [0.25, 0.3) is 0 Å². The first-order chi connectivity index (χ1) is 3.00. The zero-order chi connectivity index (χ0) is 4.24. The van der Waals surface area contributed by atoms with E-state index in [1.807, 2.05) is 0 Å². The van der Waals surface area contributed by atoms with Crippen molar-refractivity contribution in [3.8, 4) is 0 Å². The second-order valence-corrected chi connectivity index (χ2v) is 1.37. The molecule has 1 aliphatic rings. The van der Waals surface area contributed by atoms with Crippen LogP contribution in [0.1, 0.15) is 6.42 Å². The van der Waals surface area contributed by atoms with Crippen molar-refractivity contribution in [3.63, 3.8) is 0 Å². The molecule has 0 saturated carbocycles. The summed E-state index contributed by atoms with van der Waals surface area (Å²) in [5, 5.41) is 3.14. The van der Waals surface area contributed by atoms with E-state index in [4.69, 9.17) is 0 Å². The molecule has 0 spiro atoms. The van der Waals surface area contributed by atoms with Gasteiger partial charge < -0.3 is 11.4 Å². The number of hydrogen-bond acceptors (Lipinski definition) is 1. The standard InChI is InChI=1S/C5H8N.Rf/c1-2-4-6-5-3-1;/h1,6H,2,4-5H2;/q-1;. The normalized spacial score (nSPS) is 18.3. The Kier molecular flexibility index (Phi) is 2.37. The molecule has 0 aromatic carbocycles. The second kappa shape index (κ2) is 2.91. The third-order valence-electron chi connectivity index (χ3n) is 0.837. The van der Waals surface area contributed by atoms with Gasteiger partial charge in [-0.15, -0.1) is 6.54 Å². The van der Waals surface area contributed by atoms with Crippen LogP contribution in [0.2, 0.25) is 0 Å². The van der Waals surface area contributed by atoms with Gasteiger partial charge in [-0.2, -0.15) is 0 Å². The molecule has 2 heteroatoms. The monoisotopic (exact) mass is 349 g/mol. The Hall–Kier alpha value is -1.30. The summed E-state index contributed by atoms with van der Waals surface area (Å²) in [7, 11) is 0. The van der Waals surface area contributed by atoms with Crippen LogP contribution in [0.15, 0.2) is 6.08 Å². The molecule has 7 heavy (non-hydrogen) atoms. The van der Waals surface area contributed by atoms with Gasteiger partial charge in [0, 0.05) is 0 Å². The predicted octanol–water partition coefficient (Wildman–Crippen LogP) is 0.339. The van der Waals surface area contributed by atoms with Crippen molar-refractivity contribution in [2.75, 3.05) is 13.1 Å². The molecule has 0 saturated heterocycles. The van der Waals surface area contributed by atoms with E-state index in [1.54, 1.807) is 0 Å². The Balaban J connectivity index is 0.000000360. The smallest absolute Gasteiger partial charge is 0 e. The van der Waals surface area contributed by atoms with Crippen LogP contribution in [0.3, 0.4) is 0 Å². The molecule has 0 atom stereocenters. The number of rotatable bonds is 0. The van der Waals surface area contributed by atoms with Crippen molar-refractivity contribution in [1.29, 1.82) is 0 Å². The van der Waals surface area contributed by atoms with Gasteiger partial charge in [0.05, 0.1) is 0 Å². The summed E-state index contributed by atoms with van der Waals surface area (Å²) in [5.74, 6) is 0. The quantitative estimate of drug-likeness (QED) is 0.622. The maximum absolute atomic E-state index is 3.14. The molecule has 1 rings (SSSR count). The molecule has 0 fully saturated rings. The summed E-state index contributed by atoms with van der Waals surface area (Å²) in [6.45, 7) is 2.08. The fourth-order valence-corrected chi connectivity index (χ4v) is 0.509. The zero-order valence-electron chi connectivity index (χ0n) is 4.41. The first kappa shape index (κ1) is 5.70. The van der Waals surface area contributed by atoms with E-state index >= 15 is 0 Å². The Morgan fingerprint density at radius 2 is 2.43 bits per heavy atom. The van der Waals surface area contributed by atoms with Gasteiger partial charge in [-0.1, -0.05) is 6.42 Å². The maximum Gasteiger partial charge on any atom is 0 e. The van der Waals surface area contributed by atoms with E-state index in [0.717, 1.165) is 19.5 Å². The molecule has 0 aromatic rings. The SMILES string of the molecule is [C-]1=CCCNC1.[Rf]. The summed E-state index contributed by atoms with van der Waals surface area (Å²) < 4.78 is 0. The molecule has 0 aromatic heterocycles. The van der Waals surface area contributed by atoms with Crippen molar-refractivity contribution in [1.82, 2.24) is 5.32 Å². The van der Waals surface area contributed by atoms with Crippen molar-refractivity contribution < 1.29 is 0 Å². The molecular formula is C5H8NRf-. The minimum Gasteiger partial charge on any atom is -0.486 e. The average molecular weight is 349 g/mol. The Morgan fingerprint density at radius 3 is 2.57 bits per heavy atom. The molecule has 1 aliphatic heterocycles. The van der Waals surface area contributed by atoms with Crippen LogP contribution in [-0.2, 0) is 0 Å². The van der Waals surface area contributed by atoms with E-state index in [2.05, 4.69) is 17.5 Å². The molecule has 0 amide bonds. The van der Waals surface area contributed by atoms with Crippen LogP contribution in [0, 0.1) is 6.08 Å². The topological polar surface area (TPSA) is 12.0 Å². The van der Waals surface area contributed by atoms with Crippen LogP contribution in [0.25, 0.3) is 0 Å². The molecule has 36 valence electrons. The molecular weight excluding hydrogens is 341 g/mol. The van der Waals surface area contributed by atoms with E-state index in [-0.39, 0.29) is 0 Å². The minimum atomic E-state index is 0. The van der Waals surface area contributed by atoms with E-state index < -0.39 is 0 Å². The predicted molar refractivity (Wildman–Crippen MR) is 25.3 cm³/mol. The number of hydrogen-bond donors (Lipinski definition) is 1. The van der Waals surface area contributed by atoms with Gasteiger partial charge in [-0.3, -0.25) is 6.08 Å². The van der Waals surface area contributed by atoms with Gasteiger partial charge in [0.15, 0.2) is 0 Å². The van der Waals surface area contributed by atoms with Gasteiger partial charge in [-0.05, 0) is 6.54 Å². The third kappa shape index (κ3) is 1.55. The third-order valence-corrected chi connectivity index (χ3v) is 0.837. The summed E-state index contributed by atoms with van der Waals surface area (Å²) >= 11 is 0. The number of nitrogens with one attached hydrogen (secondary N) is 1. The Bertz CT molecular complexity index is 53.1. The summed E-state index contributed by atoms with van der Waals surface area (Å²) in [6.07, 6.45) is 6.28. The largest absolute Gasteiger partial charge is 0.486 e. The fraction of sp³-hybridized carbons (Fsp3) is 0.600. The first-order valence-corrected chi connectivity index (χ1v) is 2.26. The van der Waals surface area contributed by atoms with Gasteiger partial charge >= 0.3 is 0 Å². The Morgan fingerprint density at radius 1 is 1.57 bits per heavy atom. The zero-order valence-corrected chi connectivity index (χ0v) is 10.8. The second-order valence-electron chi connectivity index (χ2n) is 1.37. The van der Waals surface area contributed by atoms with E-state index in [9.17, 15) is 0 Å². The first-order valence-electron chi connectivity index (χ1n) is 2.26. The van der Waals surface area contributed by atoms with E-state index in [1.165, 1.54) is 0 Å².